The zero-order valence-electron chi connectivity index (χ0n) is 18.6. The molecule has 0 aliphatic heterocycles. The van der Waals surface area contributed by atoms with E-state index in [1.807, 2.05) is 6.92 Å². The summed E-state index contributed by atoms with van der Waals surface area (Å²) in [5.74, 6) is 7.47. The monoisotopic (exact) mass is 432 g/mol. The van der Waals surface area contributed by atoms with Gasteiger partial charge in [-0.05, 0) is 57.5 Å². The maximum atomic E-state index is 12.1. The van der Waals surface area contributed by atoms with Gasteiger partial charge in [0.2, 0.25) is 17.7 Å². The number of nitrogens with zero attached hydrogens (tertiary/aromatic N) is 3. The summed E-state index contributed by atoms with van der Waals surface area (Å²) in [4.78, 5) is 20.9. The Hall–Kier alpha value is -3.62. The van der Waals surface area contributed by atoms with E-state index < -0.39 is 0 Å². The molecule has 166 valence electrons. The molecular weight excluding hydrogens is 404 g/mol. The Kier molecular flexibility index (Phi) is 8.02. The Morgan fingerprint density at radius 3 is 2.75 bits per heavy atom. The molecule has 1 saturated carbocycles. The van der Waals surface area contributed by atoms with Crippen molar-refractivity contribution in [2.24, 2.45) is 5.92 Å². The number of methoxy groups -OCH3 is 1. The number of benzene rings is 1. The molecule has 3 N–H and O–H groups in total. The molecule has 0 saturated heterocycles. The highest BCUT2D eigenvalue weighted by molar-refractivity contribution is 5.81. The van der Waals surface area contributed by atoms with Crippen LogP contribution in [-0.2, 0) is 4.79 Å². The highest BCUT2D eigenvalue weighted by Crippen LogP contribution is 2.25. The Balaban J connectivity index is 1.65. The highest BCUT2D eigenvalue weighted by Gasteiger charge is 2.23. The van der Waals surface area contributed by atoms with Gasteiger partial charge in [-0.15, -0.1) is 0 Å². The van der Waals surface area contributed by atoms with Gasteiger partial charge in [0, 0.05) is 17.6 Å². The van der Waals surface area contributed by atoms with Gasteiger partial charge >= 0.3 is 0 Å². The van der Waals surface area contributed by atoms with E-state index in [2.05, 4.69) is 43.8 Å². The number of likely N-dealkylation sites (N-methyl/N-ethyl adjacent to an activating group) is 1. The summed E-state index contributed by atoms with van der Waals surface area (Å²) in [6.07, 6.45) is 5.47. The van der Waals surface area contributed by atoms with Crippen LogP contribution in [0.25, 0.3) is 0 Å². The number of ether oxygens (including phenoxy) is 1. The van der Waals surface area contributed by atoms with Crippen LogP contribution in [0.4, 0.5) is 11.6 Å². The third kappa shape index (κ3) is 6.19. The highest BCUT2D eigenvalue weighted by atomic mass is 16.5. The summed E-state index contributed by atoms with van der Waals surface area (Å²) >= 11 is 0. The van der Waals surface area contributed by atoms with Gasteiger partial charge in [-0.2, -0.15) is 10.2 Å². The second-order valence-electron chi connectivity index (χ2n) is 7.78. The Morgan fingerprint density at radius 2 is 2.06 bits per heavy atom. The SMILES string of the molecule is CN[C@@H](C)C(=O)N[C@H]1CCC[C@@H](C#Cc2cnc(Nc3ccc(C#N)cc3)nc2OC)C1. The zero-order chi connectivity index (χ0) is 22.9. The van der Waals surface area contributed by atoms with E-state index in [0.717, 1.165) is 31.4 Å². The largest absolute Gasteiger partial charge is 0.480 e. The number of carbonyl (C=O) groups is 1. The Labute approximate surface area is 188 Å². The number of amides is 1. The van der Waals surface area contributed by atoms with Gasteiger partial charge in [0.1, 0.15) is 5.56 Å². The standard InChI is InChI=1S/C24H28N6O2/c1-16(26-2)22(31)28-21-6-4-5-17(13-21)7-10-19-15-27-24(30-23(19)32-3)29-20-11-8-18(14-25)9-12-20/h8-9,11-12,15-17,21,26H,4-6,13H2,1-3H3,(H,28,31)(H,27,29,30)/t16-,17-,21-/m0/s1. The molecule has 0 spiro atoms. The minimum absolute atomic E-state index is 0.0199. The summed E-state index contributed by atoms with van der Waals surface area (Å²) < 4.78 is 5.41. The zero-order valence-corrected chi connectivity index (χ0v) is 18.6. The maximum absolute atomic E-state index is 12.1. The quantitative estimate of drug-likeness (QED) is 0.602. The lowest BCUT2D eigenvalue weighted by molar-refractivity contribution is -0.123. The topological polar surface area (TPSA) is 112 Å². The number of rotatable bonds is 6. The van der Waals surface area contributed by atoms with E-state index in [0.29, 0.717) is 23.0 Å². The number of hydrogen-bond donors (Lipinski definition) is 3. The molecule has 1 amide bonds. The van der Waals surface area contributed by atoms with E-state index >= 15 is 0 Å². The number of nitriles is 1. The Bertz CT molecular complexity index is 1040. The van der Waals surface area contributed by atoms with Crippen LogP contribution in [0.15, 0.2) is 30.5 Å². The molecule has 1 aliphatic carbocycles. The smallest absolute Gasteiger partial charge is 0.237 e. The first-order chi connectivity index (χ1) is 15.5. The third-order valence-corrected chi connectivity index (χ3v) is 5.48. The van der Waals surface area contributed by atoms with Crippen molar-refractivity contribution in [1.29, 1.82) is 5.26 Å². The van der Waals surface area contributed by atoms with Gasteiger partial charge in [-0.3, -0.25) is 4.79 Å². The molecule has 1 heterocycles. The van der Waals surface area contributed by atoms with Crippen molar-refractivity contribution in [3.63, 3.8) is 0 Å². The molecule has 0 bridgehead atoms. The predicted octanol–water partition coefficient (Wildman–Crippen LogP) is 2.73. The lowest BCUT2D eigenvalue weighted by Gasteiger charge is -2.28. The summed E-state index contributed by atoms with van der Waals surface area (Å²) in [7, 11) is 3.33. The fraction of sp³-hybridized carbons (Fsp3) is 0.417. The van der Waals surface area contributed by atoms with Crippen LogP contribution < -0.4 is 20.7 Å². The van der Waals surface area contributed by atoms with Crippen LogP contribution >= 0.6 is 0 Å². The molecule has 1 fully saturated rings. The van der Waals surface area contributed by atoms with Crippen LogP contribution in [0, 0.1) is 29.1 Å². The lowest BCUT2D eigenvalue weighted by Crippen LogP contribution is -2.46. The van der Waals surface area contributed by atoms with Gasteiger partial charge in [-0.25, -0.2) is 4.98 Å². The molecule has 0 unspecified atom stereocenters. The number of carbonyl (C=O) groups excluding carboxylic acids is 1. The molecule has 1 aromatic carbocycles. The number of anilines is 2. The molecule has 32 heavy (non-hydrogen) atoms. The molecule has 8 heteroatoms. The number of nitrogens with one attached hydrogen (secondary N) is 3. The van der Waals surface area contributed by atoms with Gasteiger partial charge in [0.15, 0.2) is 0 Å². The van der Waals surface area contributed by atoms with Crippen molar-refractivity contribution < 1.29 is 9.53 Å². The molecule has 1 aliphatic rings. The lowest BCUT2D eigenvalue weighted by atomic mass is 9.86. The first kappa shape index (κ1) is 23.1. The first-order valence-corrected chi connectivity index (χ1v) is 10.7. The van der Waals surface area contributed by atoms with Crippen LogP contribution in [0.5, 0.6) is 5.88 Å². The van der Waals surface area contributed by atoms with Crippen molar-refractivity contribution in [1.82, 2.24) is 20.6 Å². The van der Waals surface area contributed by atoms with Crippen molar-refractivity contribution >= 4 is 17.5 Å². The van der Waals surface area contributed by atoms with Gasteiger partial charge in [-0.1, -0.05) is 18.3 Å². The number of hydrogen-bond acceptors (Lipinski definition) is 7. The van der Waals surface area contributed by atoms with E-state index in [9.17, 15) is 4.79 Å². The third-order valence-electron chi connectivity index (χ3n) is 5.48. The average Bonchev–Trinajstić information content (AvgIpc) is 2.83. The van der Waals surface area contributed by atoms with Crippen molar-refractivity contribution in [3.8, 4) is 23.8 Å². The molecule has 3 atom stereocenters. The van der Waals surface area contributed by atoms with Crippen LogP contribution in [0.3, 0.4) is 0 Å². The van der Waals surface area contributed by atoms with E-state index in [1.165, 1.54) is 0 Å². The van der Waals surface area contributed by atoms with Crippen LogP contribution in [-0.4, -0.2) is 42.1 Å². The fourth-order valence-electron chi connectivity index (χ4n) is 3.51. The molecule has 1 aromatic heterocycles. The maximum Gasteiger partial charge on any atom is 0.237 e. The summed E-state index contributed by atoms with van der Waals surface area (Å²) in [6.45, 7) is 1.85. The molecule has 2 aromatic rings. The van der Waals surface area contributed by atoms with E-state index in [1.54, 1.807) is 44.6 Å². The fourth-order valence-corrected chi connectivity index (χ4v) is 3.51. The van der Waals surface area contributed by atoms with Gasteiger partial charge < -0.3 is 20.7 Å². The normalized spacial score (nSPS) is 18.4. The summed E-state index contributed by atoms with van der Waals surface area (Å²) in [6, 6.07) is 9.04. The number of aromatic nitrogens is 2. The Morgan fingerprint density at radius 1 is 1.28 bits per heavy atom. The summed E-state index contributed by atoms with van der Waals surface area (Å²) in [5.41, 5.74) is 1.97. The van der Waals surface area contributed by atoms with Gasteiger partial charge in [0.25, 0.3) is 0 Å². The molecule has 0 radical (unpaired) electrons. The van der Waals surface area contributed by atoms with E-state index in [4.69, 9.17) is 10.00 Å². The second-order valence-corrected chi connectivity index (χ2v) is 7.78. The van der Waals surface area contributed by atoms with Crippen molar-refractivity contribution in [2.45, 2.75) is 44.7 Å². The summed E-state index contributed by atoms with van der Waals surface area (Å²) in [5, 5.41) is 18.1. The van der Waals surface area contributed by atoms with E-state index in [-0.39, 0.29) is 23.9 Å². The molecular formula is C24H28N6O2. The minimum Gasteiger partial charge on any atom is -0.480 e. The van der Waals surface area contributed by atoms with Gasteiger partial charge in [0.05, 0.1) is 31.0 Å². The van der Waals surface area contributed by atoms with Crippen LogP contribution in [0.2, 0.25) is 0 Å². The minimum atomic E-state index is -0.209. The molecule has 3 rings (SSSR count). The van der Waals surface area contributed by atoms with Crippen molar-refractivity contribution in [3.05, 3.63) is 41.6 Å². The first-order valence-electron chi connectivity index (χ1n) is 10.7. The predicted molar refractivity (Wildman–Crippen MR) is 122 cm³/mol. The average molecular weight is 433 g/mol. The van der Waals surface area contributed by atoms with Crippen molar-refractivity contribution in [2.75, 3.05) is 19.5 Å². The van der Waals surface area contributed by atoms with Crippen LogP contribution in [0.1, 0.15) is 43.7 Å². The second kappa shape index (κ2) is 11.1. The molecule has 8 nitrogen and oxygen atoms in total.